The Morgan fingerprint density at radius 3 is 2.50 bits per heavy atom. The molecule has 0 aliphatic rings. The van der Waals surface area contributed by atoms with Gasteiger partial charge in [-0.15, -0.1) is 11.3 Å². The number of rotatable bonds is 10. The highest BCUT2D eigenvalue weighted by atomic mass is 32.1. The van der Waals surface area contributed by atoms with E-state index in [4.69, 9.17) is 14.2 Å². The van der Waals surface area contributed by atoms with Crippen molar-refractivity contribution in [1.29, 1.82) is 0 Å². The van der Waals surface area contributed by atoms with Crippen LogP contribution in [0, 0.1) is 0 Å². The molecule has 0 bridgehead atoms. The van der Waals surface area contributed by atoms with Gasteiger partial charge < -0.3 is 14.2 Å². The summed E-state index contributed by atoms with van der Waals surface area (Å²) in [4.78, 5) is 0. The van der Waals surface area contributed by atoms with Gasteiger partial charge in [0.1, 0.15) is 6.61 Å². The lowest BCUT2D eigenvalue weighted by Crippen LogP contribution is -2.10. The van der Waals surface area contributed by atoms with Crippen molar-refractivity contribution in [2.75, 3.05) is 33.0 Å². The van der Waals surface area contributed by atoms with Gasteiger partial charge in [-0.2, -0.15) is 0 Å². The molecule has 0 amide bonds. The first-order valence-corrected chi connectivity index (χ1v) is 6.63. The van der Waals surface area contributed by atoms with Gasteiger partial charge >= 0.3 is 0 Å². The molecule has 0 fully saturated rings. The van der Waals surface area contributed by atoms with Crippen molar-refractivity contribution in [3.8, 4) is 5.06 Å². The Morgan fingerprint density at radius 1 is 1.06 bits per heavy atom. The summed E-state index contributed by atoms with van der Waals surface area (Å²) in [6, 6.07) is 3.93. The summed E-state index contributed by atoms with van der Waals surface area (Å²) in [7, 11) is 0. The molecule has 1 aromatic rings. The molecule has 1 aromatic heterocycles. The Kier molecular flexibility index (Phi) is 8.12. The van der Waals surface area contributed by atoms with Crippen LogP contribution in [0.3, 0.4) is 0 Å². The molecule has 0 atom stereocenters. The largest absolute Gasteiger partial charge is 0.482 e. The zero-order valence-electron chi connectivity index (χ0n) is 9.81. The number of hydrogen-bond donors (Lipinski definition) is 0. The molecule has 0 aromatic carbocycles. The summed E-state index contributed by atoms with van der Waals surface area (Å²) in [5, 5.41) is 2.94. The van der Waals surface area contributed by atoms with Crippen LogP contribution in [-0.2, 0) is 9.47 Å². The Labute approximate surface area is 101 Å². The highest BCUT2D eigenvalue weighted by molar-refractivity contribution is 7.11. The van der Waals surface area contributed by atoms with E-state index >= 15 is 0 Å². The van der Waals surface area contributed by atoms with Crippen LogP contribution in [-0.4, -0.2) is 33.0 Å². The zero-order chi connectivity index (χ0) is 11.5. The van der Waals surface area contributed by atoms with Gasteiger partial charge in [0.2, 0.25) is 0 Å². The molecular formula is C12H20O3S. The van der Waals surface area contributed by atoms with Crippen molar-refractivity contribution in [3.63, 3.8) is 0 Å². The Balaban J connectivity index is 1.78. The number of unbranched alkanes of at least 4 members (excludes halogenated alkanes) is 1. The van der Waals surface area contributed by atoms with E-state index in [9.17, 15) is 0 Å². The first-order chi connectivity index (χ1) is 7.93. The van der Waals surface area contributed by atoms with Gasteiger partial charge in [0.25, 0.3) is 0 Å². The normalized spacial score (nSPS) is 10.6. The minimum Gasteiger partial charge on any atom is -0.482 e. The second-order valence-corrected chi connectivity index (χ2v) is 4.27. The van der Waals surface area contributed by atoms with Crippen LogP contribution in [0.2, 0.25) is 0 Å². The smallest absolute Gasteiger partial charge is 0.173 e. The molecule has 16 heavy (non-hydrogen) atoms. The van der Waals surface area contributed by atoms with E-state index in [1.807, 2.05) is 17.5 Å². The molecule has 0 unspecified atom stereocenters. The topological polar surface area (TPSA) is 27.7 Å². The molecule has 0 radical (unpaired) electrons. The minimum atomic E-state index is 0.607. The molecule has 1 heterocycles. The van der Waals surface area contributed by atoms with E-state index in [0.29, 0.717) is 26.4 Å². The molecule has 0 saturated heterocycles. The molecule has 4 heteroatoms. The lowest BCUT2D eigenvalue weighted by Gasteiger charge is -2.06. The molecule has 92 valence electrons. The van der Waals surface area contributed by atoms with Gasteiger partial charge in [-0.05, 0) is 23.9 Å². The third-order valence-electron chi connectivity index (χ3n) is 1.98. The van der Waals surface area contributed by atoms with E-state index in [1.54, 1.807) is 11.3 Å². The fourth-order valence-corrected chi connectivity index (χ4v) is 1.71. The Bertz CT molecular complexity index is 236. The van der Waals surface area contributed by atoms with Crippen LogP contribution in [0.1, 0.15) is 19.8 Å². The van der Waals surface area contributed by atoms with Gasteiger partial charge in [0.05, 0.1) is 19.8 Å². The van der Waals surface area contributed by atoms with Gasteiger partial charge in [-0.25, -0.2) is 0 Å². The quantitative estimate of drug-likeness (QED) is 0.592. The third-order valence-corrected chi connectivity index (χ3v) is 2.76. The second-order valence-electron chi connectivity index (χ2n) is 3.36. The molecule has 3 nitrogen and oxygen atoms in total. The monoisotopic (exact) mass is 244 g/mol. The highest BCUT2D eigenvalue weighted by Gasteiger charge is 1.94. The maximum absolute atomic E-state index is 5.44. The average Bonchev–Trinajstić information content (AvgIpc) is 2.80. The lowest BCUT2D eigenvalue weighted by molar-refractivity contribution is 0.0360. The van der Waals surface area contributed by atoms with Crippen molar-refractivity contribution in [2.45, 2.75) is 19.8 Å². The van der Waals surface area contributed by atoms with Gasteiger partial charge in [0.15, 0.2) is 5.06 Å². The SMILES string of the molecule is CCCCOCCOCCOc1cccs1. The second kappa shape index (κ2) is 9.63. The molecule has 0 aliphatic carbocycles. The fourth-order valence-electron chi connectivity index (χ4n) is 1.12. The highest BCUT2D eigenvalue weighted by Crippen LogP contribution is 2.17. The number of ether oxygens (including phenoxy) is 3. The summed E-state index contributed by atoms with van der Waals surface area (Å²) in [6.45, 7) is 5.55. The molecule has 0 spiro atoms. The van der Waals surface area contributed by atoms with E-state index < -0.39 is 0 Å². The van der Waals surface area contributed by atoms with Crippen LogP contribution in [0.15, 0.2) is 17.5 Å². The summed E-state index contributed by atoms with van der Waals surface area (Å²) in [5.41, 5.74) is 0. The maximum Gasteiger partial charge on any atom is 0.173 e. The van der Waals surface area contributed by atoms with E-state index in [2.05, 4.69) is 6.92 Å². The van der Waals surface area contributed by atoms with Crippen molar-refractivity contribution in [2.24, 2.45) is 0 Å². The van der Waals surface area contributed by atoms with Crippen LogP contribution in [0.25, 0.3) is 0 Å². The predicted molar refractivity (Wildman–Crippen MR) is 66.4 cm³/mol. The standard InChI is InChI=1S/C12H20O3S/c1-2-3-6-13-7-8-14-9-10-15-12-5-4-11-16-12/h4-5,11H,2-3,6-10H2,1H3. The van der Waals surface area contributed by atoms with Gasteiger partial charge in [0, 0.05) is 6.61 Å². The number of hydrogen-bond acceptors (Lipinski definition) is 4. The summed E-state index contributed by atoms with van der Waals surface area (Å²) in [5.74, 6) is 0. The van der Waals surface area contributed by atoms with E-state index in [0.717, 1.165) is 18.1 Å². The van der Waals surface area contributed by atoms with Gasteiger partial charge in [-0.1, -0.05) is 13.3 Å². The summed E-state index contributed by atoms with van der Waals surface area (Å²) < 4.78 is 16.2. The fraction of sp³-hybridized carbons (Fsp3) is 0.667. The molecule has 0 saturated carbocycles. The van der Waals surface area contributed by atoms with Crippen molar-refractivity contribution in [3.05, 3.63) is 17.5 Å². The maximum atomic E-state index is 5.44. The minimum absolute atomic E-state index is 0.607. The van der Waals surface area contributed by atoms with E-state index in [1.165, 1.54) is 6.42 Å². The molecule has 1 rings (SSSR count). The first-order valence-electron chi connectivity index (χ1n) is 5.75. The first kappa shape index (κ1) is 13.5. The van der Waals surface area contributed by atoms with Crippen molar-refractivity contribution in [1.82, 2.24) is 0 Å². The van der Waals surface area contributed by atoms with Crippen LogP contribution in [0.5, 0.6) is 5.06 Å². The lowest BCUT2D eigenvalue weighted by atomic mass is 10.4. The Hall–Kier alpha value is -0.580. The van der Waals surface area contributed by atoms with Gasteiger partial charge in [-0.3, -0.25) is 0 Å². The van der Waals surface area contributed by atoms with Crippen molar-refractivity contribution < 1.29 is 14.2 Å². The van der Waals surface area contributed by atoms with Crippen LogP contribution >= 0.6 is 11.3 Å². The van der Waals surface area contributed by atoms with Crippen LogP contribution in [0.4, 0.5) is 0 Å². The van der Waals surface area contributed by atoms with E-state index in [-0.39, 0.29) is 0 Å². The summed E-state index contributed by atoms with van der Waals surface area (Å²) >= 11 is 1.60. The Morgan fingerprint density at radius 2 is 1.81 bits per heavy atom. The third kappa shape index (κ3) is 6.82. The average molecular weight is 244 g/mol. The molecule has 0 aliphatic heterocycles. The predicted octanol–water partition coefficient (Wildman–Crippen LogP) is 2.96. The molecular weight excluding hydrogens is 224 g/mol. The molecule has 0 N–H and O–H groups in total. The van der Waals surface area contributed by atoms with Crippen LogP contribution < -0.4 is 4.74 Å². The summed E-state index contributed by atoms with van der Waals surface area (Å²) in [6.07, 6.45) is 2.30. The van der Waals surface area contributed by atoms with Crippen molar-refractivity contribution >= 4 is 11.3 Å². The zero-order valence-corrected chi connectivity index (χ0v) is 10.6. The number of thiophene rings is 1.